The highest BCUT2D eigenvalue weighted by molar-refractivity contribution is 5.80. The van der Waals surface area contributed by atoms with E-state index in [4.69, 9.17) is 9.84 Å². The van der Waals surface area contributed by atoms with E-state index in [2.05, 4.69) is 18.8 Å². The summed E-state index contributed by atoms with van der Waals surface area (Å²) in [5.74, 6) is -0.300. The van der Waals surface area contributed by atoms with Crippen LogP contribution in [0.4, 0.5) is 4.39 Å². The molecule has 5 nitrogen and oxygen atoms in total. The minimum Gasteiger partial charge on any atom is -0.489 e. The summed E-state index contributed by atoms with van der Waals surface area (Å²) in [6, 6.07) is 9.13. The van der Waals surface area contributed by atoms with Gasteiger partial charge in [-0.2, -0.15) is 0 Å². The van der Waals surface area contributed by atoms with Crippen molar-refractivity contribution in [3.63, 3.8) is 0 Å². The predicted molar refractivity (Wildman–Crippen MR) is 115 cm³/mol. The number of carboxylic acid groups (broad SMARTS) is 1. The van der Waals surface area contributed by atoms with Gasteiger partial charge in [-0.15, -0.1) is 0 Å². The van der Waals surface area contributed by atoms with Crippen LogP contribution >= 0.6 is 0 Å². The minimum absolute atomic E-state index is 0.0339. The highest BCUT2D eigenvalue weighted by atomic mass is 19.1. The molecule has 0 bridgehead atoms. The second kappa shape index (κ2) is 9.57. The number of nitrogens with zero attached hydrogens (tertiary/aromatic N) is 2. The van der Waals surface area contributed by atoms with Gasteiger partial charge in [0, 0.05) is 30.4 Å². The van der Waals surface area contributed by atoms with E-state index < -0.39 is 5.97 Å². The van der Waals surface area contributed by atoms with E-state index in [0.717, 1.165) is 11.1 Å². The lowest BCUT2D eigenvalue weighted by atomic mass is 9.95. The van der Waals surface area contributed by atoms with Crippen molar-refractivity contribution < 1.29 is 19.0 Å². The molecule has 158 valence electrons. The number of aliphatic carboxylic acids is 1. The van der Waals surface area contributed by atoms with Gasteiger partial charge in [0.1, 0.15) is 18.0 Å². The second-order valence-electron chi connectivity index (χ2n) is 7.78. The SMILES string of the molecule is CC=C[C@H](CC(=O)O)c1ccc(OCc2ccnc3c2c(F)cn3CC(C)C)cc1. The fourth-order valence-corrected chi connectivity index (χ4v) is 3.57. The topological polar surface area (TPSA) is 64.3 Å². The van der Waals surface area contributed by atoms with Crippen molar-refractivity contribution in [1.82, 2.24) is 9.55 Å². The number of fused-ring (bicyclic) bond motifs is 1. The number of hydrogen-bond acceptors (Lipinski definition) is 3. The number of pyridine rings is 1. The fourth-order valence-electron chi connectivity index (χ4n) is 3.57. The number of halogens is 1. The number of benzene rings is 1. The Bertz CT molecular complexity index is 1040. The third-order valence-corrected chi connectivity index (χ3v) is 4.88. The minimum atomic E-state index is -0.841. The quantitative estimate of drug-likeness (QED) is 0.470. The molecule has 0 spiro atoms. The van der Waals surface area contributed by atoms with Crippen molar-refractivity contribution in [2.45, 2.75) is 46.3 Å². The van der Waals surface area contributed by atoms with Gasteiger partial charge in [0.15, 0.2) is 5.82 Å². The first kappa shape index (κ1) is 21.6. The average molecular weight is 410 g/mol. The Morgan fingerprint density at radius 1 is 1.27 bits per heavy atom. The van der Waals surface area contributed by atoms with Crippen molar-refractivity contribution in [1.29, 1.82) is 0 Å². The summed E-state index contributed by atoms with van der Waals surface area (Å²) in [5, 5.41) is 9.59. The van der Waals surface area contributed by atoms with Crippen LogP contribution in [0.1, 0.15) is 44.2 Å². The van der Waals surface area contributed by atoms with Gasteiger partial charge in [0.05, 0.1) is 11.8 Å². The molecular formula is C24H27FN2O3. The van der Waals surface area contributed by atoms with Gasteiger partial charge < -0.3 is 14.4 Å². The molecule has 6 heteroatoms. The summed E-state index contributed by atoms with van der Waals surface area (Å²) >= 11 is 0. The lowest BCUT2D eigenvalue weighted by molar-refractivity contribution is -0.137. The molecule has 30 heavy (non-hydrogen) atoms. The van der Waals surface area contributed by atoms with Crippen LogP contribution in [-0.4, -0.2) is 20.6 Å². The fraction of sp³-hybridized carbons (Fsp3) is 0.333. The van der Waals surface area contributed by atoms with Crippen LogP contribution in [0.25, 0.3) is 11.0 Å². The average Bonchev–Trinajstić information content (AvgIpc) is 3.01. The molecule has 1 aromatic carbocycles. The summed E-state index contributed by atoms with van der Waals surface area (Å²) in [6.07, 6.45) is 6.94. The molecule has 0 fully saturated rings. The maximum atomic E-state index is 14.6. The summed E-state index contributed by atoms with van der Waals surface area (Å²) < 4.78 is 22.3. The van der Waals surface area contributed by atoms with E-state index in [1.807, 2.05) is 47.9 Å². The number of ether oxygens (including phenoxy) is 1. The van der Waals surface area contributed by atoms with Crippen LogP contribution < -0.4 is 4.74 Å². The van der Waals surface area contributed by atoms with Crippen LogP contribution in [0, 0.1) is 11.7 Å². The molecule has 3 aromatic rings. The maximum Gasteiger partial charge on any atom is 0.304 e. The molecule has 0 amide bonds. The molecule has 0 saturated heterocycles. The summed E-state index contributed by atoms with van der Waals surface area (Å²) in [6.45, 7) is 6.95. The zero-order valence-electron chi connectivity index (χ0n) is 17.5. The number of hydrogen-bond donors (Lipinski definition) is 1. The molecule has 3 rings (SSSR count). The first-order valence-corrected chi connectivity index (χ1v) is 10.1. The monoisotopic (exact) mass is 410 g/mol. The molecule has 1 N–H and O–H groups in total. The van der Waals surface area contributed by atoms with E-state index in [9.17, 15) is 9.18 Å². The summed E-state index contributed by atoms with van der Waals surface area (Å²) in [4.78, 5) is 15.4. The molecule has 0 aliphatic rings. The summed E-state index contributed by atoms with van der Waals surface area (Å²) in [5.41, 5.74) is 2.27. The van der Waals surface area contributed by atoms with Crippen molar-refractivity contribution in [2.75, 3.05) is 0 Å². The van der Waals surface area contributed by atoms with Gasteiger partial charge in [-0.1, -0.05) is 38.1 Å². The highest BCUT2D eigenvalue weighted by Gasteiger charge is 2.15. The Hall–Kier alpha value is -3.15. The van der Waals surface area contributed by atoms with Crippen molar-refractivity contribution >= 4 is 17.0 Å². The van der Waals surface area contributed by atoms with Crippen LogP contribution in [0.3, 0.4) is 0 Å². The van der Waals surface area contributed by atoms with Crippen LogP contribution in [0.15, 0.2) is 54.9 Å². The Morgan fingerprint density at radius 2 is 2.00 bits per heavy atom. The largest absolute Gasteiger partial charge is 0.489 e. The molecule has 0 saturated carbocycles. The number of allylic oxidation sites excluding steroid dienone is 2. The molecule has 0 unspecified atom stereocenters. The van der Waals surface area contributed by atoms with E-state index >= 15 is 0 Å². The van der Waals surface area contributed by atoms with E-state index in [0.29, 0.717) is 29.2 Å². The number of carboxylic acids is 1. The Labute approximate surface area is 175 Å². The maximum absolute atomic E-state index is 14.6. The van der Waals surface area contributed by atoms with Gasteiger partial charge in [-0.3, -0.25) is 4.79 Å². The molecule has 1 atom stereocenters. The van der Waals surface area contributed by atoms with Crippen molar-refractivity contribution in [3.05, 3.63) is 71.8 Å². The molecular weight excluding hydrogens is 383 g/mol. The zero-order chi connectivity index (χ0) is 21.7. The molecule has 2 heterocycles. The number of carbonyl (C=O) groups is 1. The van der Waals surface area contributed by atoms with Gasteiger partial charge in [0.25, 0.3) is 0 Å². The predicted octanol–water partition coefficient (Wildman–Crippen LogP) is 5.54. The normalized spacial score (nSPS) is 12.7. The third-order valence-electron chi connectivity index (χ3n) is 4.88. The van der Waals surface area contributed by atoms with E-state index in [-0.39, 0.29) is 24.8 Å². The first-order valence-electron chi connectivity index (χ1n) is 10.1. The first-order chi connectivity index (χ1) is 14.4. The molecule has 0 aliphatic heterocycles. The van der Waals surface area contributed by atoms with Gasteiger partial charge in [-0.05, 0) is 36.6 Å². The molecule has 0 radical (unpaired) electrons. The van der Waals surface area contributed by atoms with E-state index in [1.54, 1.807) is 12.3 Å². The smallest absolute Gasteiger partial charge is 0.304 e. The van der Waals surface area contributed by atoms with Crippen molar-refractivity contribution in [2.24, 2.45) is 5.92 Å². The Morgan fingerprint density at radius 3 is 2.63 bits per heavy atom. The summed E-state index contributed by atoms with van der Waals surface area (Å²) in [7, 11) is 0. The van der Waals surface area contributed by atoms with E-state index in [1.165, 1.54) is 6.20 Å². The second-order valence-corrected chi connectivity index (χ2v) is 7.78. The standard InChI is InChI=1S/C24H27FN2O3/c1-4-5-18(12-22(28)29)17-6-8-20(9-7-17)30-15-19-10-11-26-24-23(19)21(25)14-27(24)13-16(2)3/h4-11,14,16,18H,12-13,15H2,1-3H3,(H,28,29)/t18-/m1/s1. The van der Waals surface area contributed by atoms with Gasteiger partial charge in [0.2, 0.25) is 0 Å². The third kappa shape index (κ3) is 5.06. The lowest BCUT2D eigenvalue weighted by Crippen LogP contribution is -2.05. The van der Waals surface area contributed by atoms with Crippen molar-refractivity contribution in [3.8, 4) is 5.75 Å². The lowest BCUT2D eigenvalue weighted by Gasteiger charge is -2.13. The van der Waals surface area contributed by atoms with Crippen LogP contribution in [-0.2, 0) is 17.9 Å². The number of aromatic nitrogens is 2. The van der Waals surface area contributed by atoms with Gasteiger partial charge >= 0.3 is 5.97 Å². The Kier molecular flexibility index (Phi) is 6.87. The highest BCUT2D eigenvalue weighted by Crippen LogP contribution is 2.27. The van der Waals surface area contributed by atoms with Gasteiger partial charge in [-0.25, -0.2) is 9.37 Å². The van der Waals surface area contributed by atoms with Crippen LogP contribution in [0.2, 0.25) is 0 Å². The zero-order valence-corrected chi connectivity index (χ0v) is 17.5. The molecule has 2 aromatic heterocycles. The molecule has 0 aliphatic carbocycles. The number of rotatable bonds is 9. The van der Waals surface area contributed by atoms with Crippen LogP contribution in [0.5, 0.6) is 5.75 Å². The Balaban J connectivity index is 1.76.